The van der Waals surface area contributed by atoms with Crippen molar-refractivity contribution >= 4 is 12.4 Å². The normalized spacial score (nSPS) is 30.0. The van der Waals surface area contributed by atoms with E-state index in [4.69, 9.17) is 0 Å². The third-order valence-electron chi connectivity index (χ3n) is 2.83. The van der Waals surface area contributed by atoms with Crippen LogP contribution in [0.15, 0.2) is 0 Å². The van der Waals surface area contributed by atoms with Gasteiger partial charge in [0.15, 0.2) is 0 Å². The van der Waals surface area contributed by atoms with Gasteiger partial charge < -0.3 is 0 Å². The van der Waals surface area contributed by atoms with Crippen LogP contribution in [0.1, 0.15) is 38.5 Å². The third kappa shape index (κ3) is 0.663. The Labute approximate surface area is 57.1 Å². The first kappa shape index (κ1) is 6.41. The maximum Gasteiger partial charge on any atom is -0.0297 e. The number of hydrogen-bond acceptors (Lipinski definition) is 0. The van der Waals surface area contributed by atoms with Gasteiger partial charge in [-0.05, 0) is 31.1 Å². The van der Waals surface area contributed by atoms with Crippen molar-refractivity contribution in [3.05, 3.63) is 0 Å². The summed E-state index contributed by atoms with van der Waals surface area (Å²) >= 11 is 0. The summed E-state index contributed by atoms with van der Waals surface area (Å²) in [7, 11) is 0. The van der Waals surface area contributed by atoms with Crippen LogP contribution in [0.5, 0.6) is 0 Å². The first-order valence-corrected chi connectivity index (χ1v) is 3.41. The molecule has 0 saturated heterocycles. The Morgan fingerprint density at radius 3 is 1.12 bits per heavy atom. The molecule has 8 heavy (non-hydrogen) atoms. The van der Waals surface area contributed by atoms with Crippen LogP contribution in [-0.2, 0) is 0 Å². The van der Waals surface area contributed by atoms with Gasteiger partial charge in [0.1, 0.15) is 0 Å². The van der Waals surface area contributed by atoms with Crippen molar-refractivity contribution < 1.29 is 0 Å². The van der Waals surface area contributed by atoms with Crippen LogP contribution in [0.4, 0.5) is 0 Å². The standard InChI is InChI=1S/C7H12.ClH/c1-3-7(4-1)5-2-6-7;/h1-6H2;1H. The maximum atomic E-state index is 1.56. The zero-order chi connectivity index (χ0) is 4.74. The minimum Gasteiger partial charge on any atom is -0.147 e. The molecule has 0 heterocycles. The molecular formula is C7H13Cl. The van der Waals surface area contributed by atoms with E-state index in [2.05, 4.69) is 0 Å². The summed E-state index contributed by atoms with van der Waals surface area (Å²) < 4.78 is 0. The van der Waals surface area contributed by atoms with Crippen molar-refractivity contribution in [2.45, 2.75) is 38.5 Å². The average molecular weight is 133 g/mol. The van der Waals surface area contributed by atoms with Crippen molar-refractivity contribution in [2.75, 3.05) is 0 Å². The van der Waals surface area contributed by atoms with E-state index in [1.807, 2.05) is 0 Å². The second-order valence-electron chi connectivity index (χ2n) is 3.21. The minimum absolute atomic E-state index is 0. The van der Waals surface area contributed by atoms with Gasteiger partial charge in [0.2, 0.25) is 0 Å². The molecule has 2 saturated carbocycles. The van der Waals surface area contributed by atoms with E-state index in [1.165, 1.54) is 12.8 Å². The van der Waals surface area contributed by atoms with Crippen LogP contribution >= 0.6 is 12.4 Å². The molecule has 0 aromatic rings. The highest BCUT2D eigenvalue weighted by Gasteiger charge is 2.41. The fourth-order valence-electron chi connectivity index (χ4n) is 1.85. The molecule has 0 aromatic heterocycles. The first-order chi connectivity index (χ1) is 3.41. The monoisotopic (exact) mass is 132 g/mol. The van der Waals surface area contributed by atoms with Crippen molar-refractivity contribution in [3.8, 4) is 0 Å². The zero-order valence-electron chi connectivity index (χ0n) is 5.15. The Kier molecular flexibility index (Phi) is 1.53. The average Bonchev–Trinajstić information content (AvgIpc) is 1.20. The summed E-state index contributed by atoms with van der Waals surface area (Å²) in [5, 5.41) is 0. The molecule has 0 atom stereocenters. The largest absolute Gasteiger partial charge is 0.147 e. The summed E-state index contributed by atoms with van der Waals surface area (Å²) in [6, 6.07) is 0. The second-order valence-corrected chi connectivity index (χ2v) is 3.21. The highest BCUT2D eigenvalue weighted by molar-refractivity contribution is 5.85. The Hall–Kier alpha value is 0.290. The molecule has 0 aromatic carbocycles. The molecule has 1 heteroatoms. The van der Waals surface area contributed by atoms with Gasteiger partial charge >= 0.3 is 0 Å². The molecule has 2 rings (SSSR count). The van der Waals surface area contributed by atoms with E-state index >= 15 is 0 Å². The summed E-state index contributed by atoms with van der Waals surface area (Å²) in [6.45, 7) is 0. The highest BCUT2D eigenvalue weighted by atomic mass is 35.5. The molecule has 0 radical (unpaired) electrons. The second kappa shape index (κ2) is 1.91. The van der Waals surface area contributed by atoms with Gasteiger partial charge in [0, 0.05) is 0 Å². The molecule has 0 unspecified atom stereocenters. The minimum atomic E-state index is 0. The topological polar surface area (TPSA) is 0 Å². The molecule has 0 N–H and O–H groups in total. The SMILES string of the molecule is C1CC2(C1)CCC2.Cl. The summed E-state index contributed by atoms with van der Waals surface area (Å²) in [6.07, 6.45) is 9.31. The van der Waals surface area contributed by atoms with Crippen molar-refractivity contribution in [3.63, 3.8) is 0 Å². The maximum absolute atomic E-state index is 1.56. The summed E-state index contributed by atoms with van der Waals surface area (Å²) in [5.41, 5.74) is 0.944. The van der Waals surface area contributed by atoms with E-state index in [1.54, 1.807) is 25.7 Å². The summed E-state index contributed by atoms with van der Waals surface area (Å²) in [4.78, 5) is 0. The molecule has 2 fully saturated rings. The fourth-order valence-corrected chi connectivity index (χ4v) is 1.85. The number of rotatable bonds is 0. The Balaban J connectivity index is 0.000000320. The van der Waals surface area contributed by atoms with E-state index in [0.29, 0.717) is 0 Å². The Morgan fingerprint density at radius 1 is 0.750 bits per heavy atom. The lowest BCUT2D eigenvalue weighted by atomic mass is 9.56. The van der Waals surface area contributed by atoms with Crippen molar-refractivity contribution in [2.24, 2.45) is 5.41 Å². The lowest BCUT2D eigenvalue weighted by Crippen LogP contribution is -2.35. The van der Waals surface area contributed by atoms with E-state index in [0.717, 1.165) is 5.41 Å². The molecule has 0 nitrogen and oxygen atoms in total. The highest BCUT2D eigenvalue weighted by Crippen LogP contribution is 2.55. The van der Waals surface area contributed by atoms with Crippen LogP contribution in [0.3, 0.4) is 0 Å². The molecule has 1 spiro atoms. The lowest BCUT2D eigenvalue weighted by Gasteiger charge is -2.49. The lowest BCUT2D eigenvalue weighted by molar-refractivity contribution is 0.0314. The molecule has 2 aliphatic rings. The van der Waals surface area contributed by atoms with Gasteiger partial charge in [-0.15, -0.1) is 12.4 Å². The van der Waals surface area contributed by atoms with Crippen LogP contribution < -0.4 is 0 Å². The fraction of sp³-hybridized carbons (Fsp3) is 1.00. The molecule has 48 valence electrons. The first-order valence-electron chi connectivity index (χ1n) is 3.41. The quantitative estimate of drug-likeness (QED) is 0.476. The van der Waals surface area contributed by atoms with Crippen LogP contribution in [-0.4, -0.2) is 0 Å². The number of hydrogen-bond donors (Lipinski definition) is 0. The molecule has 2 aliphatic carbocycles. The molecule has 0 aliphatic heterocycles. The molecule has 0 bridgehead atoms. The number of halogens is 1. The summed E-state index contributed by atoms with van der Waals surface area (Å²) in [5.74, 6) is 0. The van der Waals surface area contributed by atoms with Gasteiger partial charge in [-0.3, -0.25) is 0 Å². The smallest absolute Gasteiger partial charge is 0.0297 e. The zero-order valence-corrected chi connectivity index (χ0v) is 5.97. The van der Waals surface area contributed by atoms with Crippen LogP contribution in [0.2, 0.25) is 0 Å². The van der Waals surface area contributed by atoms with Gasteiger partial charge in [-0.2, -0.15) is 0 Å². The van der Waals surface area contributed by atoms with E-state index in [9.17, 15) is 0 Å². The predicted molar refractivity (Wildman–Crippen MR) is 37.4 cm³/mol. The third-order valence-corrected chi connectivity index (χ3v) is 2.83. The van der Waals surface area contributed by atoms with Crippen molar-refractivity contribution in [1.29, 1.82) is 0 Å². The van der Waals surface area contributed by atoms with Gasteiger partial charge in [0.05, 0.1) is 0 Å². The Bertz CT molecular complexity index is 64.9. The molecule has 0 amide bonds. The van der Waals surface area contributed by atoms with Gasteiger partial charge in [-0.1, -0.05) is 12.8 Å². The van der Waals surface area contributed by atoms with E-state index in [-0.39, 0.29) is 12.4 Å². The van der Waals surface area contributed by atoms with Crippen LogP contribution in [0, 0.1) is 5.41 Å². The molecular weight excluding hydrogens is 120 g/mol. The van der Waals surface area contributed by atoms with Gasteiger partial charge in [-0.25, -0.2) is 0 Å². The van der Waals surface area contributed by atoms with E-state index < -0.39 is 0 Å². The van der Waals surface area contributed by atoms with Crippen molar-refractivity contribution in [1.82, 2.24) is 0 Å². The van der Waals surface area contributed by atoms with Crippen LogP contribution in [0.25, 0.3) is 0 Å². The Morgan fingerprint density at radius 2 is 1.12 bits per heavy atom. The van der Waals surface area contributed by atoms with Gasteiger partial charge in [0.25, 0.3) is 0 Å². The predicted octanol–water partition coefficient (Wildman–Crippen LogP) is 2.76.